The van der Waals surface area contributed by atoms with Gasteiger partial charge in [0.25, 0.3) is 0 Å². The maximum atomic E-state index is 11.0. The first-order valence-electron chi connectivity index (χ1n) is 4.46. The third-order valence-electron chi connectivity index (χ3n) is 1.67. The molecule has 0 radical (unpaired) electrons. The van der Waals surface area contributed by atoms with E-state index in [0.717, 1.165) is 0 Å². The Hall–Kier alpha value is -0.910. The number of hydrogen-bond donors (Lipinski definition) is 1. The molecule has 0 aromatic heterocycles. The van der Waals surface area contributed by atoms with Gasteiger partial charge in [0.1, 0.15) is 5.78 Å². The number of carbonyl (C=O) groups is 2. The van der Waals surface area contributed by atoms with Crippen LogP contribution >= 0.6 is 0 Å². The monoisotopic (exact) mass is 221 g/mol. The molecule has 0 aromatic rings. The Balaban J connectivity index is 3.95. The molecule has 0 heterocycles. The molecule has 0 unspecified atom stereocenters. The highest BCUT2D eigenvalue weighted by atomic mass is 32.2. The average Bonchev–Trinajstić information content (AvgIpc) is 2.13. The number of amides is 1. The zero-order chi connectivity index (χ0) is 11.2. The SMILES string of the molecule is CCC(=O)CCC(=O)NS(=O)(=O)CC. The highest BCUT2D eigenvalue weighted by molar-refractivity contribution is 7.90. The summed E-state index contributed by atoms with van der Waals surface area (Å²) in [6.07, 6.45) is 0.404. The number of hydrogen-bond acceptors (Lipinski definition) is 4. The molecule has 5 nitrogen and oxygen atoms in total. The Bertz CT molecular complexity index is 307. The standard InChI is InChI=1S/C8H15NO4S/c1-3-7(10)5-6-8(11)9-14(12,13)4-2/h3-6H2,1-2H3,(H,9,11). The van der Waals surface area contributed by atoms with Gasteiger partial charge >= 0.3 is 0 Å². The zero-order valence-corrected chi connectivity index (χ0v) is 9.19. The van der Waals surface area contributed by atoms with E-state index in [0.29, 0.717) is 6.42 Å². The molecule has 1 amide bonds. The van der Waals surface area contributed by atoms with Gasteiger partial charge in [-0.3, -0.25) is 14.3 Å². The van der Waals surface area contributed by atoms with Gasteiger partial charge in [-0.1, -0.05) is 6.92 Å². The minimum absolute atomic E-state index is 0.0472. The van der Waals surface area contributed by atoms with Crippen LogP contribution in [0, 0.1) is 0 Å². The predicted octanol–water partition coefficient (Wildman–Crippen LogP) is 0.212. The van der Waals surface area contributed by atoms with Crippen LogP contribution in [0.4, 0.5) is 0 Å². The van der Waals surface area contributed by atoms with E-state index in [-0.39, 0.29) is 24.4 Å². The van der Waals surface area contributed by atoms with Crippen molar-refractivity contribution in [2.45, 2.75) is 33.1 Å². The van der Waals surface area contributed by atoms with E-state index in [4.69, 9.17) is 0 Å². The van der Waals surface area contributed by atoms with Crippen LogP contribution in [0.2, 0.25) is 0 Å². The zero-order valence-electron chi connectivity index (χ0n) is 8.37. The summed E-state index contributed by atoms with van der Waals surface area (Å²) < 4.78 is 23.7. The van der Waals surface area contributed by atoms with Gasteiger partial charge in [0, 0.05) is 19.3 Å². The number of ketones is 1. The smallest absolute Gasteiger partial charge is 0.234 e. The maximum absolute atomic E-state index is 11.0. The van der Waals surface area contributed by atoms with Gasteiger partial charge in [-0.2, -0.15) is 0 Å². The molecule has 0 saturated carbocycles. The first-order valence-corrected chi connectivity index (χ1v) is 6.11. The molecule has 0 aliphatic carbocycles. The largest absolute Gasteiger partial charge is 0.300 e. The molecule has 0 spiro atoms. The lowest BCUT2D eigenvalue weighted by molar-refractivity contribution is -0.124. The fraction of sp³-hybridized carbons (Fsp3) is 0.750. The van der Waals surface area contributed by atoms with Crippen LogP contribution < -0.4 is 4.72 Å². The first kappa shape index (κ1) is 13.1. The third-order valence-corrected chi connectivity index (χ3v) is 2.97. The Morgan fingerprint density at radius 1 is 1.14 bits per heavy atom. The number of sulfonamides is 1. The summed E-state index contributed by atoms with van der Waals surface area (Å²) in [6.45, 7) is 3.13. The number of rotatable bonds is 6. The Morgan fingerprint density at radius 2 is 1.71 bits per heavy atom. The summed E-state index contributed by atoms with van der Waals surface area (Å²) in [6, 6.07) is 0. The van der Waals surface area contributed by atoms with Crippen molar-refractivity contribution in [3.8, 4) is 0 Å². The van der Waals surface area contributed by atoms with Crippen molar-refractivity contribution >= 4 is 21.7 Å². The lowest BCUT2D eigenvalue weighted by atomic mass is 10.2. The average molecular weight is 221 g/mol. The summed E-state index contributed by atoms with van der Waals surface area (Å²) in [7, 11) is -3.48. The normalized spacial score (nSPS) is 11.0. The number of Topliss-reactive ketones (excluding diaryl/α,β-unsaturated/α-hetero) is 1. The molecule has 0 atom stereocenters. The Kier molecular flexibility index (Phi) is 5.37. The fourth-order valence-corrected chi connectivity index (χ4v) is 1.32. The number of carbonyl (C=O) groups excluding carboxylic acids is 2. The van der Waals surface area contributed by atoms with Crippen LogP contribution in [0.5, 0.6) is 0 Å². The molecule has 0 saturated heterocycles. The van der Waals surface area contributed by atoms with E-state index >= 15 is 0 Å². The van der Waals surface area contributed by atoms with Crippen molar-refractivity contribution in [3.05, 3.63) is 0 Å². The molecule has 0 bridgehead atoms. The van der Waals surface area contributed by atoms with E-state index in [1.54, 1.807) is 6.92 Å². The highest BCUT2D eigenvalue weighted by Gasteiger charge is 2.12. The maximum Gasteiger partial charge on any atom is 0.234 e. The lowest BCUT2D eigenvalue weighted by Gasteiger charge is -2.03. The van der Waals surface area contributed by atoms with Gasteiger partial charge in [-0.05, 0) is 6.92 Å². The van der Waals surface area contributed by atoms with Crippen molar-refractivity contribution in [1.29, 1.82) is 0 Å². The van der Waals surface area contributed by atoms with Crippen LogP contribution in [0.3, 0.4) is 0 Å². The van der Waals surface area contributed by atoms with Crippen molar-refractivity contribution in [2.24, 2.45) is 0 Å². The van der Waals surface area contributed by atoms with Crippen molar-refractivity contribution in [3.63, 3.8) is 0 Å². The summed E-state index contributed by atoms with van der Waals surface area (Å²) in [5.74, 6) is -0.803. The molecule has 1 N–H and O–H groups in total. The second-order valence-corrected chi connectivity index (χ2v) is 4.83. The third kappa shape index (κ3) is 5.69. The summed E-state index contributed by atoms with van der Waals surface area (Å²) >= 11 is 0. The molecule has 0 aliphatic rings. The molecule has 82 valence electrons. The van der Waals surface area contributed by atoms with E-state index in [1.165, 1.54) is 6.92 Å². The van der Waals surface area contributed by atoms with Crippen LogP contribution in [0.1, 0.15) is 33.1 Å². The van der Waals surface area contributed by atoms with Gasteiger partial charge in [0.05, 0.1) is 5.75 Å². The highest BCUT2D eigenvalue weighted by Crippen LogP contribution is 1.95. The fourth-order valence-electron chi connectivity index (χ4n) is 0.726. The lowest BCUT2D eigenvalue weighted by Crippen LogP contribution is -2.31. The second-order valence-electron chi connectivity index (χ2n) is 2.82. The van der Waals surface area contributed by atoms with E-state index < -0.39 is 15.9 Å². The first-order chi connectivity index (χ1) is 6.41. The minimum Gasteiger partial charge on any atom is -0.300 e. The second kappa shape index (κ2) is 5.74. The molecule has 0 rings (SSSR count). The summed E-state index contributed by atoms with van der Waals surface area (Å²) in [4.78, 5) is 21.8. The Morgan fingerprint density at radius 3 is 2.14 bits per heavy atom. The van der Waals surface area contributed by atoms with Crippen molar-refractivity contribution in [1.82, 2.24) is 4.72 Å². The van der Waals surface area contributed by atoms with E-state index in [2.05, 4.69) is 0 Å². The number of nitrogens with one attached hydrogen (secondary N) is 1. The van der Waals surface area contributed by atoms with Crippen molar-refractivity contribution < 1.29 is 18.0 Å². The van der Waals surface area contributed by atoms with Gasteiger partial charge in [0.15, 0.2) is 0 Å². The minimum atomic E-state index is -3.48. The quantitative estimate of drug-likeness (QED) is 0.695. The van der Waals surface area contributed by atoms with Gasteiger partial charge < -0.3 is 0 Å². The molecule has 0 aromatic carbocycles. The molecule has 0 fully saturated rings. The van der Waals surface area contributed by atoms with Crippen molar-refractivity contribution in [2.75, 3.05) is 5.75 Å². The topological polar surface area (TPSA) is 80.3 Å². The molecule has 6 heteroatoms. The van der Waals surface area contributed by atoms with Crippen LogP contribution in [-0.4, -0.2) is 25.9 Å². The predicted molar refractivity (Wildman–Crippen MR) is 52.1 cm³/mol. The van der Waals surface area contributed by atoms with Crippen LogP contribution in [-0.2, 0) is 19.6 Å². The van der Waals surface area contributed by atoms with Crippen LogP contribution in [0.25, 0.3) is 0 Å². The summed E-state index contributed by atoms with van der Waals surface area (Å²) in [5.41, 5.74) is 0. The van der Waals surface area contributed by atoms with E-state index in [9.17, 15) is 18.0 Å². The van der Waals surface area contributed by atoms with E-state index in [1.807, 2.05) is 4.72 Å². The summed E-state index contributed by atoms with van der Waals surface area (Å²) in [5, 5.41) is 0. The van der Waals surface area contributed by atoms with Crippen LogP contribution in [0.15, 0.2) is 0 Å². The van der Waals surface area contributed by atoms with Gasteiger partial charge in [0.2, 0.25) is 15.9 Å². The van der Waals surface area contributed by atoms with Gasteiger partial charge in [-0.25, -0.2) is 8.42 Å². The molecular weight excluding hydrogens is 206 g/mol. The Labute approximate surface area is 83.9 Å². The molecule has 14 heavy (non-hydrogen) atoms. The molecule has 0 aliphatic heterocycles. The van der Waals surface area contributed by atoms with Gasteiger partial charge in [-0.15, -0.1) is 0 Å². The molecular formula is C8H15NO4S.